The van der Waals surface area contributed by atoms with Gasteiger partial charge >= 0.3 is 0 Å². The van der Waals surface area contributed by atoms with E-state index >= 15 is 0 Å². The van der Waals surface area contributed by atoms with E-state index < -0.39 is 0 Å². The molecule has 2 aliphatic rings. The van der Waals surface area contributed by atoms with E-state index in [0.29, 0.717) is 0 Å². The van der Waals surface area contributed by atoms with E-state index in [9.17, 15) is 8.78 Å². The van der Waals surface area contributed by atoms with Gasteiger partial charge in [-0.2, -0.15) is 0 Å². The van der Waals surface area contributed by atoms with Gasteiger partial charge in [0.05, 0.1) is 0 Å². The first-order valence-electron chi connectivity index (χ1n) is 12.9. The van der Waals surface area contributed by atoms with Crippen LogP contribution in [0.15, 0.2) is 72.6 Å². The van der Waals surface area contributed by atoms with Gasteiger partial charge in [0, 0.05) is 51.7 Å². The SMILES string of the molecule is Fc1ccc(C(=C2CCN(CCCN3CCN(c4ncccn4)CC3)CC2)c2ccc(F)cc2)cc1. The van der Waals surface area contributed by atoms with Crippen molar-refractivity contribution in [3.8, 4) is 0 Å². The van der Waals surface area contributed by atoms with Gasteiger partial charge in [-0.05, 0) is 79.4 Å². The van der Waals surface area contributed by atoms with Crippen LogP contribution in [0.1, 0.15) is 30.4 Å². The molecule has 2 fully saturated rings. The second-order valence-corrected chi connectivity index (χ2v) is 9.57. The van der Waals surface area contributed by atoms with Gasteiger partial charge in [-0.3, -0.25) is 4.90 Å². The number of halogens is 2. The first kappa shape index (κ1) is 24.5. The molecule has 188 valence electrons. The quantitative estimate of drug-likeness (QED) is 0.474. The van der Waals surface area contributed by atoms with Crippen molar-refractivity contribution in [2.24, 2.45) is 0 Å². The van der Waals surface area contributed by atoms with Crippen LogP contribution in [-0.4, -0.2) is 72.1 Å². The highest BCUT2D eigenvalue weighted by atomic mass is 19.1. The number of benzene rings is 2. The van der Waals surface area contributed by atoms with Gasteiger partial charge in [0.25, 0.3) is 0 Å². The fraction of sp³-hybridized carbons (Fsp3) is 0.379. The zero-order valence-electron chi connectivity index (χ0n) is 20.6. The molecule has 3 heterocycles. The van der Waals surface area contributed by atoms with E-state index in [0.717, 1.165) is 94.3 Å². The summed E-state index contributed by atoms with van der Waals surface area (Å²) in [5.74, 6) is 0.341. The Bertz CT molecular complexity index is 1080. The van der Waals surface area contributed by atoms with Crippen LogP contribution in [0.25, 0.3) is 5.57 Å². The average molecular weight is 490 g/mol. The molecule has 2 aromatic carbocycles. The Balaban J connectivity index is 1.14. The number of likely N-dealkylation sites (tertiary alicyclic amines) is 1. The minimum atomic E-state index is -0.244. The largest absolute Gasteiger partial charge is 0.338 e. The van der Waals surface area contributed by atoms with Gasteiger partial charge in [0.15, 0.2) is 0 Å². The molecule has 2 saturated heterocycles. The third kappa shape index (κ3) is 6.15. The van der Waals surface area contributed by atoms with Crippen LogP contribution in [-0.2, 0) is 0 Å². The lowest BCUT2D eigenvalue weighted by molar-refractivity contribution is 0.211. The van der Waals surface area contributed by atoms with Crippen molar-refractivity contribution < 1.29 is 8.78 Å². The topological polar surface area (TPSA) is 35.5 Å². The van der Waals surface area contributed by atoms with Gasteiger partial charge in [0.1, 0.15) is 11.6 Å². The molecule has 0 unspecified atom stereocenters. The average Bonchev–Trinajstić information content (AvgIpc) is 2.93. The van der Waals surface area contributed by atoms with E-state index in [-0.39, 0.29) is 11.6 Å². The van der Waals surface area contributed by atoms with Crippen molar-refractivity contribution in [1.29, 1.82) is 0 Å². The van der Waals surface area contributed by atoms with E-state index in [4.69, 9.17) is 0 Å². The molecule has 36 heavy (non-hydrogen) atoms. The fourth-order valence-corrected chi connectivity index (χ4v) is 5.25. The third-order valence-corrected chi connectivity index (χ3v) is 7.23. The molecule has 5 rings (SSSR count). The van der Waals surface area contributed by atoms with Crippen molar-refractivity contribution >= 4 is 11.5 Å². The molecule has 0 atom stereocenters. The number of hydrogen-bond acceptors (Lipinski definition) is 5. The highest BCUT2D eigenvalue weighted by Crippen LogP contribution is 2.32. The Labute approximate surface area is 212 Å². The van der Waals surface area contributed by atoms with Crippen molar-refractivity contribution in [3.63, 3.8) is 0 Å². The number of rotatable bonds is 7. The molecule has 1 aromatic heterocycles. The molecule has 7 heteroatoms. The van der Waals surface area contributed by atoms with Crippen LogP contribution in [0.4, 0.5) is 14.7 Å². The minimum Gasteiger partial charge on any atom is -0.338 e. The first-order chi connectivity index (χ1) is 17.7. The number of aromatic nitrogens is 2. The summed E-state index contributed by atoms with van der Waals surface area (Å²) in [6.45, 7) is 8.26. The monoisotopic (exact) mass is 489 g/mol. The van der Waals surface area contributed by atoms with Gasteiger partial charge in [-0.15, -0.1) is 0 Å². The summed E-state index contributed by atoms with van der Waals surface area (Å²) in [7, 11) is 0. The summed E-state index contributed by atoms with van der Waals surface area (Å²) in [5, 5.41) is 0. The number of hydrogen-bond donors (Lipinski definition) is 0. The maximum atomic E-state index is 13.6. The van der Waals surface area contributed by atoms with Gasteiger partial charge in [-0.1, -0.05) is 29.8 Å². The summed E-state index contributed by atoms with van der Waals surface area (Å²) in [6, 6.07) is 15.2. The van der Waals surface area contributed by atoms with Crippen molar-refractivity contribution in [2.75, 3.05) is 57.3 Å². The molecule has 0 bridgehead atoms. The predicted molar refractivity (Wildman–Crippen MR) is 140 cm³/mol. The lowest BCUT2D eigenvalue weighted by Gasteiger charge is -2.35. The predicted octanol–water partition coefficient (Wildman–Crippen LogP) is 4.86. The summed E-state index contributed by atoms with van der Waals surface area (Å²) in [4.78, 5) is 16.1. The number of piperidine rings is 1. The standard InChI is InChI=1S/C29H33F2N5/c30-26-7-3-23(4-8-26)28(24-5-9-27(31)10-6-24)25-11-17-34(18-12-25)15-2-16-35-19-21-36(22-20-35)29-32-13-1-14-33-29/h1,3-10,13-14H,2,11-12,15-22H2. The number of anilines is 1. The van der Waals surface area contributed by atoms with Crippen molar-refractivity contribution in [1.82, 2.24) is 19.8 Å². The van der Waals surface area contributed by atoms with E-state index in [2.05, 4.69) is 24.7 Å². The zero-order chi connectivity index (χ0) is 24.7. The zero-order valence-corrected chi connectivity index (χ0v) is 20.6. The Morgan fingerprint density at radius 3 is 1.69 bits per heavy atom. The molecule has 0 radical (unpaired) electrons. The van der Waals surface area contributed by atoms with Crippen molar-refractivity contribution in [2.45, 2.75) is 19.3 Å². The second kappa shape index (κ2) is 11.7. The molecule has 0 spiro atoms. The van der Waals surface area contributed by atoms with E-state index in [1.54, 1.807) is 12.4 Å². The van der Waals surface area contributed by atoms with Crippen LogP contribution < -0.4 is 4.90 Å². The van der Waals surface area contributed by atoms with Gasteiger partial charge in [-0.25, -0.2) is 18.7 Å². The molecule has 3 aromatic rings. The lowest BCUT2D eigenvalue weighted by Crippen LogP contribution is -2.47. The third-order valence-electron chi connectivity index (χ3n) is 7.23. The molecular formula is C29H33F2N5. The maximum absolute atomic E-state index is 13.6. The minimum absolute atomic E-state index is 0.244. The van der Waals surface area contributed by atoms with Crippen LogP contribution >= 0.6 is 0 Å². The Morgan fingerprint density at radius 1 is 0.667 bits per heavy atom. The summed E-state index contributed by atoms with van der Waals surface area (Å²) in [6.07, 6.45) is 6.70. The molecule has 0 aliphatic carbocycles. The Hall–Kier alpha value is -3.16. The van der Waals surface area contributed by atoms with E-state index in [1.807, 2.05) is 30.3 Å². The first-order valence-corrected chi connectivity index (χ1v) is 12.9. The van der Waals surface area contributed by atoms with Crippen LogP contribution in [0.5, 0.6) is 0 Å². The molecular weight excluding hydrogens is 456 g/mol. The van der Waals surface area contributed by atoms with Gasteiger partial charge in [0.2, 0.25) is 5.95 Å². The molecule has 0 saturated carbocycles. The van der Waals surface area contributed by atoms with Gasteiger partial charge < -0.3 is 9.80 Å². The summed E-state index contributed by atoms with van der Waals surface area (Å²) < 4.78 is 27.1. The second-order valence-electron chi connectivity index (χ2n) is 9.57. The molecule has 0 N–H and O–H groups in total. The normalized spacial score (nSPS) is 17.4. The fourth-order valence-electron chi connectivity index (χ4n) is 5.25. The van der Waals surface area contributed by atoms with Crippen molar-refractivity contribution in [3.05, 3.63) is 95.3 Å². The van der Waals surface area contributed by atoms with Crippen LogP contribution in [0.3, 0.4) is 0 Å². The molecule has 2 aliphatic heterocycles. The smallest absolute Gasteiger partial charge is 0.225 e. The summed E-state index contributed by atoms with van der Waals surface area (Å²) >= 11 is 0. The summed E-state index contributed by atoms with van der Waals surface area (Å²) in [5.41, 5.74) is 4.47. The van der Waals surface area contributed by atoms with Crippen LogP contribution in [0.2, 0.25) is 0 Å². The highest BCUT2D eigenvalue weighted by Gasteiger charge is 2.21. The number of nitrogens with zero attached hydrogens (tertiary/aromatic N) is 5. The highest BCUT2D eigenvalue weighted by molar-refractivity contribution is 5.82. The van der Waals surface area contributed by atoms with E-state index in [1.165, 1.54) is 29.8 Å². The molecule has 5 nitrogen and oxygen atoms in total. The maximum Gasteiger partial charge on any atom is 0.225 e. The number of piperazine rings is 1. The Morgan fingerprint density at radius 2 is 1.17 bits per heavy atom. The Kier molecular flexibility index (Phi) is 7.98. The molecule has 0 amide bonds. The van der Waals surface area contributed by atoms with Crippen LogP contribution in [0, 0.1) is 11.6 Å². The lowest BCUT2D eigenvalue weighted by atomic mass is 9.88.